The molecule has 0 radical (unpaired) electrons. The average molecular weight is 443 g/mol. The molecule has 0 aliphatic heterocycles. The number of nitrogens with one attached hydrogen (secondary N) is 2. The summed E-state index contributed by atoms with van der Waals surface area (Å²) in [5.41, 5.74) is 1.71. The Bertz CT molecular complexity index is 930. The van der Waals surface area contributed by atoms with E-state index in [0.29, 0.717) is 10.6 Å². The summed E-state index contributed by atoms with van der Waals surface area (Å²) in [6.07, 6.45) is 14.2. The van der Waals surface area contributed by atoms with Gasteiger partial charge >= 0.3 is 5.97 Å². The van der Waals surface area contributed by atoms with Crippen molar-refractivity contribution in [2.45, 2.75) is 70.3 Å². The molecular formula is C24H30N2O4S. The van der Waals surface area contributed by atoms with E-state index in [1.807, 2.05) is 12.2 Å². The molecule has 7 heteroatoms. The highest BCUT2D eigenvalue weighted by atomic mass is 32.1. The molecule has 1 heterocycles. The molecule has 0 spiro atoms. The maximum Gasteiger partial charge on any atom is 0.307 e. The number of thiophene rings is 1. The molecule has 2 bridgehead atoms. The Morgan fingerprint density at radius 2 is 1.65 bits per heavy atom. The third kappa shape index (κ3) is 3.81. The number of amides is 2. The summed E-state index contributed by atoms with van der Waals surface area (Å²) >= 11 is 1.51. The number of aryl methyl sites for hydroxylation is 1. The van der Waals surface area contributed by atoms with Gasteiger partial charge in [-0.1, -0.05) is 31.4 Å². The van der Waals surface area contributed by atoms with Gasteiger partial charge in [0.2, 0.25) is 5.91 Å². The molecule has 5 rings (SSSR count). The Labute approximate surface area is 186 Å². The van der Waals surface area contributed by atoms with E-state index in [2.05, 4.69) is 10.6 Å². The summed E-state index contributed by atoms with van der Waals surface area (Å²) in [6.45, 7) is 0. The fourth-order valence-electron chi connectivity index (χ4n) is 6.11. The number of carboxylic acids is 1. The zero-order valence-electron chi connectivity index (χ0n) is 17.7. The van der Waals surface area contributed by atoms with Gasteiger partial charge in [0.25, 0.3) is 5.91 Å². The number of carbonyl (C=O) groups excluding carboxylic acids is 2. The average Bonchev–Trinajstić information content (AvgIpc) is 3.46. The molecule has 4 atom stereocenters. The number of fused-ring (bicyclic) bond motifs is 3. The fraction of sp³-hybridized carbons (Fsp3) is 0.625. The van der Waals surface area contributed by atoms with Crippen molar-refractivity contribution < 1.29 is 19.5 Å². The highest BCUT2D eigenvalue weighted by Gasteiger charge is 2.51. The van der Waals surface area contributed by atoms with Crippen LogP contribution in [0.15, 0.2) is 12.2 Å². The van der Waals surface area contributed by atoms with E-state index in [1.165, 1.54) is 22.6 Å². The lowest BCUT2D eigenvalue weighted by atomic mass is 9.82. The summed E-state index contributed by atoms with van der Waals surface area (Å²) in [4.78, 5) is 39.6. The van der Waals surface area contributed by atoms with Gasteiger partial charge in [0.05, 0.1) is 17.4 Å². The van der Waals surface area contributed by atoms with E-state index in [0.717, 1.165) is 63.4 Å². The Morgan fingerprint density at radius 1 is 0.935 bits per heavy atom. The molecule has 0 aromatic carbocycles. The van der Waals surface area contributed by atoms with Crippen LogP contribution < -0.4 is 10.6 Å². The van der Waals surface area contributed by atoms with Gasteiger partial charge in [0.1, 0.15) is 5.00 Å². The third-order valence-corrected chi connectivity index (χ3v) is 8.83. The van der Waals surface area contributed by atoms with E-state index in [-0.39, 0.29) is 29.7 Å². The normalized spacial score (nSPS) is 29.5. The van der Waals surface area contributed by atoms with Gasteiger partial charge in [-0.2, -0.15) is 0 Å². The zero-order chi connectivity index (χ0) is 21.5. The zero-order valence-corrected chi connectivity index (χ0v) is 18.5. The maximum absolute atomic E-state index is 13.3. The predicted molar refractivity (Wildman–Crippen MR) is 119 cm³/mol. The van der Waals surface area contributed by atoms with Crippen LogP contribution in [0.2, 0.25) is 0 Å². The summed E-state index contributed by atoms with van der Waals surface area (Å²) < 4.78 is 0. The highest BCUT2D eigenvalue weighted by molar-refractivity contribution is 7.17. The summed E-state index contributed by atoms with van der Waals surface area (Å²) in [5, 5.41) is 16.6. The molecule has 1 aromatic heterocycles. The second-order valence-corrected chi connectivity index (χ2v) is 10.7. The molecule has 166 valence electrons. The van der Waals surface area contributed by atoms with Crippen LogP contribution in [0.1, 0.15) is 72.2 Å². The first-order valence-electron chi connectivity index (χ1n) is 11.7. The largest absolute Gasteiger partial charge is 0.481 e. The van der Waals surface area contributed by atoms with Gasteiger partial charge in [-0.15, -0.1) is 11.3 Å². The molecule has 2 fully saturated rings. The van der Waals surface area contributed by atoms with Crippen molar-refractivity contribution in [2.75, 3.05) is 5.32 Å². The van der Waals surface area contributed by atoms with Crippen LogP contribution in [-0.4, -0.2) is 28.9 Å². The van der Waals surface area contributed by atoms with Crippen molar-refractivity contribution >= 4 is 34.1 Å². The number of aliphatic carboxylic acids is 1. The number of anilines is 1. The van der Waals surface area contributed by atoms with E-state index in [9.17, 15) is 19.5 Å². The molecule has 1 aromatic rings. The number of carbonyl (C=O) groups is 3. The number of carboxylic acid groups (broad SMARTS) is 1. The minimum atomic E-state index is -0.905. The van der Waals surface area contributed by atoms with Gasteiger partial charge in [0.15, 0.2) is 0 Å². The first-order chi connectivity index (χ1) is 15.0. The van der Waals surface area contributed by atoms with Gasteiger partial charge in [0, 0.05) is 10.9 Å². The van der Waals surface area contributed by atoms with Crippen LogP contribution in [0.5, 0.6) is 0 Å². The maximum atomic E-state index is 13.3. The number of rotatable bonds is 5. The Hall–Kier alpha value is -2.15. The fourth-order valence-corrected chi connectivity index (χ4v) is 7.40. The lowest BCUT2D eigenvalue weighted by molar-refractivity contribution is -0.146. The molecule has 31 heavy (non-hydrogen) atoms. The van der Waals surface area contributed by atoms with Crippen LogP contribution in [-0.2, 0) is 22.4 Å². The summed E-state index contributed by atoms with van der Waals surface area (Å²) in [7, 11) is 0. The van der Waals surface area contributed by atoms with Crippen molar-refractivity contribution in [1.29, 1.82) is 0 Å². The highest BCUT2D eigenvalue weighted by Crippen LogP contribution is 2.49. The standard InChI is InChI=1S/C24H30N2O4S/c27-21(18-13-10-11-14(12-13)19(18)24(29)30)26-23-20(16-8-4-5-9-17(16)31-23)22(28)25-15-6-2-1-3-7-15/h10-11,13-15,18-19H,1-9,12H2,(H,25,28)(H,26,27)(H,29,30)/t13-,14-,18-,19-/m0/s1. The third-order valence-electron chi connectivity index (χ3n) is 7.62. The monoisotopic (exact) mass is 442 g/mol. The van der Waals surface area contributed by atoms with Gasteiger partial charge < -0.3 is 15.7 Å². The molecule has 6 nitrogen and oxygen atoms in total. The number of allylic oxidation sites excluding steroid dienone is 2. The van der Waals surface area contributed by atoms with Crippen LogP contribution >= 0.6 is 11.3 Å². The summed E-state index contributed by atoms with van der Waals surface area (Å²) in [5.74, 6) is -2.58. The van der Waals surface area contributed by atoms with Crippen LogP contribution in [0.3, 0.4) is 0 Å². The van der Waals surface area contributed by atoms with E-state index < -0.39 is 17.8 Å². The van der Waals surface area contributed by atoms with Crippen LogP contribution in [0.25, 0.3) is 0 Å². The number of hydrogen-bond donors (Lipinski definition) is 3. The van der Waals surface area contributed by atoms with Crippen LogP contribution in [0, 0.1) is 23.7 Å². The Balaban J connectivity index is 1.40. The quantitative estimate of drug-likeness (QED) is 0.597. The smallest absolute Gasteiger partial charge is 0.307 e. The molecule has 4 aliphatic carbocycles. The Morgan fingerprint density at radius 3 is 2.39 bits per heavy atom. The Kier molecular flexibility index (Phi) is 5.63. The SMILES string of the molecule is O=C(NC1CCCCC1)c1c(NC(=O)[C@@H]2[C@@H](C(=O)O)[C@H]3C=C[C@H]2C3)sc2c1CCCC2. The molecule has 0 unspecified atom stereocenters. The van der Waals surface area contributed by atoms with Gasteiger partial charge in [-0.05, 0) is 62.3 Å². The van der Waals surface area contributed by atoms with Crippen molar-refractivity contribution in [2.24, 2.45) is 23.7 Å². The van der Waals surface area contributed by atoms with Crippen molar-refractivity contribution in [3.8, 4) is 0 Å². The minimum Gasteiger partial charge on any atom is -0.481 e. The molecule has 2 saturated carbocycles. The molecule has 4 aliphatic rings. The van der Waals surface area contributed by atoms with Gasteiger partial charge in [-0.25, -0.2) is 0 Å². The molecule has 0 saturated heterocycles. The van der Waals surface area contributed by atoms with E-state index in [1.54, 1.807) is 0 Å². The second kappa shape index (κ2) is 8.41. The van der Waals surface area contributed by atoms with Crippen molar-refractivity contribution in [3.05, 3.63) is 28.2 Å². The van der Waals surface area contributed by atoms with Crippen molar-refractivity contribution in [3.63, 3.8) is 0 Å². The molecular weight excluding hydrogens is 412 g/mol. The van der Waals surface area contributed by atoms with E-state index >= 15 is 0 Å². The van der Waals surface area contributed by atoms with Crippen molar-refractivity contribution in [1.82, 2.24) is 5.32 Å². The predicted octanol–water partition coefficient (Wildman–Crippen LogP) is 4.15. The second-order valence-electron chi connectivity index (χ2n) is 9.55. The first-order valence-corrected chi connectivity index (χ1v) is 12.5. The topological polar surface area (TPSA) is 95.5 Å². The molecule has 3 N–H and O–H groups in total. The number of hydrogen-bond acceptors (Lipinski definition) is 4. The van der Waals surface area contributed by atoms with Gasteiger partial charge in [-0.3, -0.25) is 14.4 Å². The first kappa shape index (κ1) is 20.7. The lowest BCUT2D eigenvalue weighted by Crippen LogP contribution is -2.38. The summed E-state index contributed by atoms with van der Waals surface area (Å²) in [6, 6.07) is 0.205. The lowest BCUT2D eigenvalue weighted by Gasteiger charge is -2.25. The van der Waals surface area contributed by atoms with E-state index in [4.69, 9.17) is 0 Å². The van der Waals surface area contributed by atoms with Crippen LogP contribution in [0.4, 0.5) is 5.00 Å². The minimum absolute atomic E-state index is 0.0276. The molecule has 2 amide bonds.